The molecular weight excluding hydrogens is 1050 g/mol. The van der Waals surface area contributed by atoms with Crippen LogP contribution < -0.4 is 0 Å². The normalized spacial score (nSPS) is 14.3. The highest BCUT2D eigenvalue weighted by molar-refractivity contribution is 7.47. The Labute approximate surface area is 479 Å². The first-order chi connectivity index (χ1) is 38.0. The van der Waals surface area contributed by atoms with E-state index in [-0.39, 0.29) is 25.7 Å². The molecule has 0 bridgehead atoms. The van der Waals surface area contributed by atoms with Crippen LogP contribution in [0.15, 0.2) is 0 Å². The van der Waals surface area contributed by atoms with E-state index in [0.717, 1.165) is 96.3 Å². The van der Waals surface area contributed by atoms with E-state index in [1.807, 2.05) is 0 Å². The van der Waals surface area contributed by atoms with Crippen LogP contribution in [-0.4, -0.2) is 96.7 Å². The van der Waals surface area contributed by atoms with Crippen LogP contribution in [0.1, 0.15) is 298 Å². The first-order valence-corrected chi connectivity index (χ1v) is 34.6. The molecule has 0 rings (SSSR count). The lowest BCUT2D eigenvalue weighted by Crippen LogP contribution is -2.30. The zero-order valence-corrected chi connectivity index (χ0v) is 52.3. The van der Waals surface area contributed by atoms with Gasteiger partial charge in [-0.05, 0) is 31.6 Å². The highest BCUT2D eigenvalue weighted by Crippen LogP contribution is 2.45. The summed E-state index contributed by atoms with van der Waals surface area (Å²) in [5, 5.41) is 10.5. The van der Waals surface area contributed by atoms with Crippen molar-refractivity contribution in [1.82, 2.24) is 0 Å². The van der Waals surface area contributed by atoms with Gasteiger partial charge in [0.05, 0.1) is 26.4 Å². The molecule has 468 valence electrons. The van der Waals surface area contributed by atoms with Gasteiger partial charge in [0.25, 0.3) is 0 Å². The van der Waals surface area contributed by atoms with Crippen LogP contribution in [0.3, 0.4) is 0 Å². The van der Waals surface area contributed by atoms with Gasteiger partial charge in [0.2, 0.25) is 0 Å². The SMILES string of the molecule is CCCCCCCCCCCCCCC(=O)O[C@H](COC(=O)CCCCCCCCC(C)C)COP(=O)(O)OC[C@@H](O)COP(=O)(O)OC[C@@H](COC(=O)CCCCCCCCCCC)OC(=O)CCCCCCCCCCC. The van der Waals surface area contributed by atoms with Crippen LogP contribution in [0.25, 0.3) is 0 Å². The zero-order valence-electron chi connectivity index (χ0n) is 50.5. The summed E-state index contributed by atoms with van der Waals surface area (Å²) in [5.74, 6) is -1.46. The summed E-state index contributed by atoms with van der Waals surface area (Å²) in [7, 11) is -9.87. The predicted molar refractivity (Wildman–Crippen MR) is 312 cm³/mol. The molecule has 79 heavy (non-hydrogen) atoms. The van der Waals surface area contributed by atoms with Gasteiger partial charge in [-0.1, -0.05) is 247 Å². The van der Waals surface area contributed by atoms with Crippen molar-refractivity contribution in [3.63, 3.8) is 0 Å². The number of carbonyl (C=O) groups excluding carboxylic acids is 4. The predicted octanol–water partition coefficient (Wildman–Crippen LogP) is 16.2. The average Bonchev–Trinajstić information content (AvgIpc) is 3.41. The van der Waals surface area contributed by atoms with Crippen molar-refractivity contribution in [1.29, 1.82) is 0 Å². The molecule has 0 saturated heterocycles. The number of esters is 4. The largest absolute Gasteiger partial charge is 0.472 e. The van der Waals surface area contributed by atoms with E-state index in [2.05, 4.69) is 34.6 Å². The van der Waals surface area contributed by atoms with Crippen LogP contribution in [0.4, 0.5) is 0 Å². The van der Waals surface area contributed by atoms with E-state index in [9.17, 15) is 43.2 Å². The monoisotopic (exact) mass is 1170 g/mol. The number of ether oxygens (including phenoxy) is 4. The maximum Gasteiger partial charge on any atom is 0.472 e. The Balaban J connectivity index is 5.22. The van der Waals surface area contributed by atoms with E-state index in [4.69, 9.17) is 37.0 Å². The lowest BCUT2D eigenvalue weighted by atomic mass is 10.0. The number of aliphatic hydroxyl groups is 1. The standard InChI is InChI=1S/C60H116O17P2/c1-6-9-12-15-18-21-22-23-26-29-36-41-46-60(65)77-56(50-71-58(63)44-39-34-31-30-32-37-42-53(4)5)52-75-79(68,69)73-48-54(61)47-72-78(66,67)74-51-55(76-59(64)45-40-35-28-25-20-17-14-11-8-3)49-70-57(62)43-38-33-27-24-19-16-13-10-7-2/h53-56,61H,6-52H2,1-5H3,(H,66,67)(H,68,69)/t54-,55+,56+/m0/s1. The van der Waals surface area contributed by atoms with E-state index in [1.54, 1.807) is 0 Å². The van der Waals surface area contributed by atoms with Gasteiger partial charge in [0, 0.05) is 25.7 Å². The summed E-state index contributed by atoms with van der Waals surface area (Å²) < 4.78 is 67.7. The lowest BCUT2D eigenvalue weighted by Gasteiger charge is -2.21. The molecule has 0 radical (unpaired) electrons. The van der Waals surface area contributed by atoms with Crippen LogP contribution in [-0.2, 0) is 65.4 Å². The minimum absolute atomic E-state index is 0.106. The summed E-state index contributed by atoms with van der Waals surface area (Å²) in [4.78, 5) is 71.9. The highest BCUT2D eigenvalue weighted by Gasteiger charge is 2.30. The molecule has 0 aromatic heterocycles. The number of hydrogen-bond donors (Lipinski definition) is 3. The Morgan fingerprint density at radius 1 is 0.342 bits per heavy atom. The first-order valence-electron chi connectivity index (χ1n) is 31.6. The summed E-state index contributed by atoms with van der Waals surface area (Å²) in [6.45, 7) is 7.05. The number of phosphoric acid groups is 2. The fourth-order valence-corrected chi connectivity index (χ4v) is 10.5. The fourth-order valence-electron chi connectivity index (χ4n) is 8.88. The average molecular weight is 1170 g/mol. The lowest BCUT2D eigenvalue weighted by molar-refractivity contribution is -0.161. The summed E-state index contributed by atoms with van der Waals surface area (Å²) >= 11 is 0. The minimum Gasteiger partial charge on any atom is -0.462 e. The van der Waals surface area contributed by atoms with Crippen molar-refractivity contribution in [2.24, 2.45) is 5.92 Å². The second kappa shape index (κ2) is 54.0. The molecule has 0 amide bonds. The van der Waals surface area contributed by atoms with Crippen molar-refractivity contribution in [3.05, 3.63) is 0 Å². The molecule has 0 aromatic carbocycles. The molecule has 3 N–H and O–H groups in total. The number of phosphoric ester groups is 2. The molecule has 0 aromatic rings. The molecule has 2 unspecified atom stereocenters. The topological polar surface area (TPSA) is 237 Å². The third kappa shape index (κ3) is 55.0. The smallest absolute Gasteiger partial charge is 0.462 e. The molecule has 19 heteroatoms. The molecule has 0 fully saturated rings. The number of aliphatic hydroxyl groups excluding tert-OH is 1. The Morgan fingerprint density at radius 3 is 0.861 bits per heavy atom. The van der Waals surface area contributed by atoms with Gasteiger partial charge in [0.15, 0.2) is 12.2 Å². The van der Waals surface area contributed by atoms with Crippen molar-refractivity contribution < 1.29 is 80.2 Å². The molecule has 0 aliphatic carbocycles. The molecule has 17 nitrogen and oxygen atoms in total. The second-order valence-electron chi connectivity index (χ2n) is 22.2. The quantitative estimate of drug-likeness (QED) is 0.0222. The number of carbonyl (C=O) groups is 4. The van der Waals surface area contributed by atoms with E-state index >= 15 is 0 Å². The Kier molecular flexibility index (Phi) is 52.7. The van der Waals surface area contributed by atoms with Gasteiger partial charge in [-0.3, -0.25) is 37.3 Å². The van der Waals surface area contributed by atoms with Crippen LogP contribution >= 0.6 is 15.6 Å². The van der Waals surface area contributed by atoms with Crippen molar-refractivity contribution in [3.8, 4) is 0 Å². The molecule has 0 aliphatic rings. The van der Waals surface area contributed by atoms with Crippen molar-refractivity contribution in [2.45, 2.75) is 316 Å². The highest BCUT2D eigenvalue weighted by atomic mass is 31.2. The van der Waals surface area contributed by atoms with Crippen LogP contribution in [0.2, 0.25) is 0 Å². The Hall–Kier alpha value is -1.94. The summed E-state index contributed by atoms with van der Waals surface area (Å²) in [5.41, 5.74) is 0. The van der Waals surface area contributed by atoms with Gasteiger partial charge in [-0.2, -0.15) is 0 Å². The molecule has 0 aliphatic heterocycles. The maximum absolute atomic E-state index is 12.9. The Bertz CT molecular complexity index is 1550. The van der Waals surface area contributed by atoms with E-state index in [0.29, 0.717) is 31.6 Å². The van der Waals surface area contributed by atoms with Gasteiger partial charge in [0.1, 0.15) is 19.3 Å². The van der Waals surface area contributed by atoms with Gasteiger partial charge in [-0.25, -0.2) is 9.13 Å². The molecule has 0 heterocycles. The summed E-state index contributed by atoms with van der Waals surface area (Å²) in [6.07, 6.45) is 36.3. The molecule has 5 atom stereocenters. The molecule has 0 saturated carbocycles. The van der Waals surface area contributed by atoms with Gasteiger partial charge < -0.3 is 33.8 Å². The number of hydrogen-bond acceptors (Lipinski definition) is 15. The van der Waals surface area contributed by atoms with Crippen molar-refractivity contribution >= 4 is 39.5 Å². The Morgan fingerprint density at radius 2 is 0.582 bits per heavy atom. The van der Waals surface area contributed by atoms with Gasteiger partial charge in [-0.15, -0.1) is 0 Å². The number of unbranched alkanes of at least 4 members (excludes halogenated alkanes) is 32. The fraction of sp³-hybridized carbons (Fsp3) is 0.933. The second-order valence-corrected chi connectivity index (χ2v) is 25.1. The van der Waals surface area contributed by atoms with Gasteiger partial charge >= 0.3 is 39.5 Å². The third-order valence-corrected chi connectivity index (χ3v) is 15.7. The van der Waals surface area contributed by atoms with E-state index in [1.165, 1.54) is 116 Å². The summed E-state index contributed by atoms with van der Waals surface area (Å²) in [6, 6.07) is 0. The first kappa shape index (κ1) is 77.1. The number of rotatable bonds is 60. The van der Waals surface area contributed by atoms with E-state index < -0.39 is 97.5 Å². The maximum atomic E-state index is 12.9. The van der Waals surface area contributed by atoms with Crippen molar-refractivity contribution in [2.75, 3.05) is 39.6 Å². The minimum atomic E-state index is -4.94. The molecular formula is C60H116O17P2. The van der Waals surface area contributed by atoms with Crippen LogP contribution in [0, 0.1) is 5.92 Å². The third-order valence-electron chi connectivity index (χ3n) is 13.8. The zero-order chi connectivity index (χ0) is 58.5. The molecule has 0 spiro atoms. The van der Waals surface area contributed by atoms with Crippen LogP contribution in [0.5, 0.6) is 0 Å².